The average Bonchev–Trinajstić information content (AvgIpc) is 2.98. The molecule has 0 spiro atoms. The van der Waals surface area contributed by atoms with Crippen LogP contribution in [-0.4, -0.2) is 17.3 Å². The molecule has 1 saturated carbocycles. The average molecular weight is 291 g/mol. The molecule has 2 N–H and O–H groups in total. The third kappa shape index (κ3) is 2.51. The van der Waals surface area contributed by atoms with Gasteiger partial charge < -0.3 is 15.0 Å². The molecule has 6 heteroatoms. The van der Waals surface area contributed by atoms with Crippen molar-refractivity contribution >= 4 is 5.69 Å². The molecule has 0 radical (unpaired) electrons. The van der Waals surface area contributed by atoms with Crippen LogP contribution in [0.2, 0.25) is 0 Å². The van der Waals surface area contributed by atoms with E-state index in [2.05, 4.69) is 10.1 Å². The van der Waals surface area contributed by atoms with Crippen molar-refractivity contribution in [3.63, 3.8) is 0 Å². The largest absolute Gasteiger partial charge is 0.398 e. The van der Waals surface area contributed by atoms with Crippen LogP contribution in [0.4, 0.5) is 10.1 Å². The molecule has 1 aliphatic rings. The first kappa shape index (κ1) is 14.0. The molecule has 1 aromatic heterocycles. The third-order valence-electron chi connectivity index (χ3n) is 4.13. The van der Waals surface area contributed by atoms with E-state index < -0.39 is 11.4 Å². The topological polar surface area (TPSA) is 74.2 Å². The predicted molar refractivity (Wildman–Crippen MR) is 75.9 cm³/mol. The highest BCUT2D eigenvalue weighted by molar-refractivity contribution is 5.70. The van der Waals surface area contributed by atoms with E-state index in [1.165, 1.54) is 18.6 Å². The lowest BCUT2D eigenvalue weighted by atomic mass is 9.84. The zero-order valence-corrected chi connectivity index (χ0v) is 11.9. The van der Waals surface area contributed by atoms with E-state index in [1.807, 2.05) is 0 Å². The summed E-state index contributed by atoms with van der Waals surface area (Å²) in [6.45, 7) is 0. The summed E-state index contributed by atoms with van der Waals surface area (Å²) in [5.41, 5.74) is 6.15. The number of hydrogen-bond donors (Lipinski definition) is 1. The standard InChI is InChI=1S/C15H18FN3O2/c1-20-15(7-3-2-4-8-15)14-18-13(21-19-14)11-6-5-10(16)9-12(11)17/h5-6,9H,2-4,7-8,17H2,1H3. The molecule has 0 unspecified atom stereocenters. The lowest BCUT2D eigenvalue weighted by Gasteiger charge is -2.32. The van der Waals surface area contributed by atoms with Gasteiger partial charge in [-0.15, -0.1) is 0 Å². The third-order valence-corrected chi connectivity index (χ3v) is 4.13. The van der Waals surface area contributed by atoms with Gasteiger partial charge in [-0.3, -0.25) is 0 Å². The van der Waals surface area contributed by atoms with Crippen molar-refractivity contribution in [1.29, 1.82) is 0 Å². The number of aromatic nitrogens is 2. The highest BCUT2D eigenvalue weighted by Gasteiger charge is 2.38. The van der Waals surface area contributed by atoms with E-state index in [0.717, 1.165) is 25.7 Å². The van der Waals surface area contributed by atoms with Crippen molar-refractivity contribution in [2.75, 3.05) is 12.8 Å². The monoisotopic (exact) mass is 291 g/mol. The number of hydrogen-bond acceptors (Lipinski definition) is 5. The van der Waals surface area contributed by atoms with Gasteiger partial charge in [0.1, 0.15) is 11.4 Å². The fraction of sp³-hybridized carbons (Fsp3) is 0.467. The van der Waals surface area contributed by atoms with E-state index in [1.54, 1.807) is 13.2 Å². The summed E-state index contributed by atoms with van der Waals surface area (Å²) in [5, 5.41) is 4.06. The molecule has 2 aromatic rings. The number of nitrogen functional groups attached to an aromatic ring is 1. The Kier molecular flexibility index (Phi) is 3.63. The van der Waals surface area contributed by atoms with Gasteiger partial charge in [0.25, 0.3) is 5.89 Å². The van der Waals surface area contributed by atoms with Crippen molar-refractivity contribution in [1.82, 2.24) is 10.1 Å². The quantitative estimate of drug-likeness (QED) is 0.878. The fourth-order valence-electron chi connectivity index (χ4n) is 2.89. The van der Waals surface area contributed by atoms with Crippen LogP contribution in [0, 0.1) is 5.82 Å². The molecule has 1 fully saturated rings. The Balaban J connectivity index is 1.95. The lowest BCUT2D eigenvalue weighted by molar-refractivity contribution is -0.0527. The minimum absolute atomic E-state index is 0.278. The van der Waals surface area contributed by atoms with Crippen LogP contribution in [0.5, 0.6) is 0 Å². The Bertz CT molecular complexity index is 636. The number of halogens is 1. The van der Waals surface area contributed by atoms with Crippen molar-refractivity contribution in [3.05, 3.63) is 29.8 Å². The molecule has 5 nitrogen and oxygen atoms in total. The highest BCUT2D eigenvalue weighted by Crippen LogP contribution is 2.39. The van der Waals surface area contributed by atoms with Crippen molar-refractivity contribution in [2.24, 2.45) is 0 Å². The maximum Gasteiger partial charge on any atom is 0.260 e. The molecule has 0 aliphatic heterocycles. The number of benzene rings is 1. The normalized spacial score (nSPS) is 17.8. The van der Waals surface area contributed by atoms with Gasteiger partial charge in [0, 0.05) is 12.8 Å². The van der Waals surface area contributed by atoms with Gasteiger partial charge >= 0.3 is 0 Å². The molecule has 0 bridgehead atoms. The van der Waals surface area contributed by atoms with Crippen LogP contribution in [-0.2, 0) is 10.3 Å². The predicted octanol–water partition coefficient (Wildman–Crippen LogP) is 3.26. The lowest BCUT2D eigenvalue weighted by Crippen LogP contribution is -2.32. The number of nitrogens with two attached hydrogens (primary N) is 1. The summed E-state index contributed by atoms with van der Waals surface area (Å²) in [6.07, 6.45) is 5.11. The number of anilines is 1. The Morgan fingerprint density at radius 3 is 2.71 bits per heavy atom. The molecular weight excluding hydrogens is 273 g/mol. The number of rotatable bonds is 3. The van der Waals surface area contributed by atoms with Gasteiger partial charge in [-0.2, -0.15) is 4.98 Å². The van der Waals surface area contributed by atoms with Gasteiger partial charge in [-0.1, -0.05) is 24.4 Å². The van der Waals surface area contributed by atoms with Crippen molar-refractivity contribution < 1.29 is 13.7 Å². The molecule has 1 heterocycles. The summed E-state index contributed by atoms with van der Waals surface area (Å²) in [7, 11) is 1.67. The molecule has 0 saturated heterocycles. The first-order valence-electron chi connectivity index (χ1n) is 7.09. The van der Waals surface area contributed by atoms with Crippen molar-refractivity contribution in [3.8, 4) is 11.5 Å². The van der Waals surface area contributed by atoms with Gasteiger partial charge in [0.05, 0.1) is 5.56 Å². The molecule has 0 atom stereocenters. The molecular formula is C15H18FN3O2. The molecule has 0 amide bonds. The second-order valence-electron chi connectivity index (χ2n) is 5.41. The zero-order chi connectivity index (χ0) is 14.9. The Labute approximate surface area is 122 Å². The molecule has 1 aliphatic carbocycles. The summed E-state index contributed by atoms with van der Waals surface area (Å²) in [4.78, 5) is 4.43. The zero-order valence-electron chi connectivity index (χ0n) is 11.9. The van der Waals surface area contributed by atoms with Gasteiger partial charge in [0.15, 0.2) is 0 Å². The van der Waals surface area contributed by atoms with Gasteiger partial charge in [0.2, 0.25) is 5.82 Å². The van der Waals surface area contributed by atoms with Crippen LogP contribution in [0.25, 0.3) is 11.5 Å². The van der Waals surface area contributed by atoms with Crippen LogP contribution >= 0.6 is 0 Å². The second-order valence-corrected chi connectivity index (χ2v) is 5.41. The van der Waals surface area contributed by atoms with Crippen molar-refractivity contribution in [2.45, 2.75) is 37.7 Å². The van der Waals surface area contributed by atoms with E-state index >= 15 is 0 Å². The minimum Gasteiger partial charge on any atom is -0.398 e. The maximum absolute atomic E-state index is 13.1. The molecule has 3 rings (SSSR count). The van der Waals surface area contributed by atoms with E-state index in [4.69, 9.17) is 15.0 Å². The maximum atomic E-state index is 13.1. The minimum atomic E-state index is -0.477. The molecule has 21 heavy (non-hydrogen) atoms. The van der Waals surface area contributed by atoms with E-state index in [0.29, 0.717) is 17.3 Å². The summed E-state index contributed by atoms with van der Waals surface area (Å²) in [6, 6.07) is 4.11. The second kappa shape index (κ2) is 5.44. The fourth-order valence-corrected chi connectivity index (χ4v) is 2.89. The Hall–Kier alpha value is -1.95. The SMILES string of the molecule is COC1(c2noc(-c3ccc(F)cc3N)n2)CCCCC1. The van der Waals surface area contributed by atoms with Crippen LogP contribution < -0.4 is 5.73 Å². The summed E-state index contributed by atoms with van der Waals surface area (Å²) >= 11 is 0. The van der Waals surface area contributed by atoms with E-state index in [9.17, 15) is 4.39 Å². The van der Waals surface area contributed by atoms with Gasteiger partial charge in [-0.25, -0.2) is 4.39 Å². The van der Waals surface area contributed by atoms with Crippen LogP contribution in [0.15, 0.2) is 22.7 Å². The number of nitrogens with zero attached hydrogens (tertiary/aromatic N) is 2. The van der Waals surface area contributed by atoms with E-state index in [-0.39, 0.29) is 5.69 Å². The first-order chi connectivity index (χ1) is 10.1. The van der Waals surface area contributed by atoms with Crippen LogP contribution in [0.1, 0.15) is 37.9 Å². The summed E-state index contributed by atoms with van der Waals surface area (Å²) < 4.78 is 24.1. The smallest absolute Gasteiger partial charge is 0.260 e. The highest BCUT2D eigenvalue weighted by atomic mass is 19.1. The molecule has 112 valence electrons. The van der Waals surface area contributed by atoms with Crippen LogP contribution in [0.3, 0.4) is 0 Å². The summed E-state index contributed by atoms with van der Waals surface area (Å²) in [5.74, 6) is 0.449. The molecule has 1 aromatic carbocycles. The Morgan fingerprint density at radius 1 is 1.29 bits per heavy atom. The van der Waals surface area contributed by atoms with Gasteiger partial charge in [-0.05, 0) is 31.0 Å². The first-order valence-corrected chi connectivity index (χ1v) is 7.09. The Morgan fingerprint density at radius 2 is 2.05 bits per heavy atom. The number of ether oxygens (including phenoxy) is 1. The number of methoxy groups -OCH3 is 1.